The van der Waals surface area contributed by atoms with Crippen LogP contribution in [0.25, 0.3) is 110 Å². The highest BCUT2D eigenvalue weighted by Crippen LogP contribution is 2.51. The third-order valence-corrected chi connectivity index (χ3v) is 11.6. The van der Waals surface area contributed by atoms with Crippen molar-refractivity contribution in [3.63, 3.8) is 0 Å². The Bertz CT molecular complexity index is 3530. The topological polar surface area (TPSA) is 52.6 Å². The number of hydrogen-bond acceptors (Lipinski definition) is 4. The van der Waals surface area contributed by atoms with Crippen LogP contribution in [0.4, 0.5) is 0 Å². The van der Waals surface area contributed by atoms with Gasteiger partial charge >= 0.3 is 0 Å². The van der Waals surface area contributed by atoms with E-state index in [4.69, 9.17) is 17.7 Å². The molecule has 0 radical (unpaired) electrons. The van der Waals surface area contributed by atoms with Gasteiger partial charge in [-0.3, -0.25) is 0 Å². The monoisotopic (exact) mass is 678 g/mol. The van der Waals surface area contributed by atoms with Crippen molar-refractivity contribution < 1.29 is 17.7 Å². The molecular weight excluding hydrogens is 653 g/mol. The fraction of sp³-hybridized carbons (Fsp3) is 0.0204. The van der Waals surface area contributed by atoms with Gasteiger partial charge in [-0.25, -0.2) is 0 Å². The Kier molecular flexibility index (Phi) is 5.14. The third kappa shape index (κ3) is 3.64. The molecule has 8 aromatic carbocycles. The zero-order valence-electron chi connectivity index (χ0n) is 28.1. The fourth-order valence-corrected chi connectivity index (χ4v) is 9.19. The average molecular weight is 679 g/mol. The Morgan fingerprint density at radius 1 is 0.302 bits per heavy atom. The summed E-state index contributed by atoms with van der Waals surface area (Å²) in [6.07, 6.45) is 0. The molecule has 0 aliphatic heterocycles. The van der Waals surface area contributed by atoms with Gasteiger partial charge in [-0.05, 0) is 94.0 Å². The highest BCUT2D eigenvalue weighted by molar-refractivity contribution is 6.19. The number of para-hydroxylation sites is 3. The molecule has 0 N–H and O–H groups in total. The first-order valence-electron chi connectivity index (χ1n) is 18.0. The number of rotatable bonds is 2. The molecule has 0 amide bonds. The van der Waals surface area contributed by atoms with Crippen LogP contribution >= 0.6 is 0 Å². The van der Waals surface area contributed by atoms with E-state index in [2.05, 4.69) is 127 Å². The zero-order chi connectivity index (χ0) is 34.4. The molecule has 4 nitrogen and oxygen atoms in total. The second-order valence-corrected chi connectivity index (χ2v) is 14.3. The largest absolute Gasteiger partial charge is 0.456 e. The van der Waals surface area contributed by atoms with Gasteiger partial charge in [-0.1, -0.05) is 91.0 Å². The van der Waals surface area contributed by atoms with E-state index in [0.29, 0.717) is 0 Å². The second kappa shape index (κ2) is 9.84. The van der Waals surface area contributed by atoms with Crippen molar-refractivity contribution >= 4 is 87.8 Å². The molecule has 1 atom stereocenters. The van der Waals surface area contributed by atoms with Crippen LogP contribution in [0, 0.1) is 0 Å². The molecule has 0 spiro atoms. The van der Waals surface area contributed by atoms with Gasteiger partial charge in [0.05, 0.1) is 0 Å². The van der Waals surface area contributed by atoms with Gasteiger partial charge in [0.1, 0.15) is 33.5 Å². The molecule has 0 saturated carbocycles. The van der Waals surface area contributed by atoms with E-state index < -0.39 is 0 Å². The average Bonchev–Trinajstić information content (AvgIpc) is 4.01. The van der Waals surface area contributed by atoms with Crippen molar-refractivity contribution in [1.29, 1.82) is 0 Å². The second-order valence-electron chi connectivity index (χ2n) is 14.3. The highest BCUT2D eigenvalue weighted by Gasteiger charge is 2.32. The first kappa shape index (κ1) is 27.7. The maximum absolute atomic E-state index is 6.68. The number of benzene rings is 8. The predicted molar refractivity (Wildman–Crippen MR) is 214 cm³/mol. The molecule has 1 aliphatic rings. The van der Waals surface area contributed by atoms with Crippen LogP contribution in [0.15, 0.2) is 169 Å². The lowest BCUT2D eigenvalue weighted by Gasteiger charge is -2.14. The van der Waals surface area contributed by atoms with E-state index in [1.807, 2.05) is 24.3 Å². The van der Waals surface area contributed by atoms with Crippen LogP contribution in [-0.2, 0) is 0 Å². The van der Waals surface area contributed by atoms with E-state index in [1.54, 1.807) is 0 Å². The van der Waals surface area contributed by atoms with Crippen LogP contribution < -0.4 is 0 Å². The summed E-state index contributed by atoms with van der Waals surface area (Å²) < 4.78 is 26.1. The zero-order valence-corrected chi connectivity index (χ0v) is 28.1. The molecule has 1 unspecified atom stereocenters. The summed E-state index contributed by atoms with van der Waals surface area (Å²) in [6.45, 7) is 0. The van der Waals surface area contributed by atoms with E-state index in [9.17, 15) is 0 Å². The minimum Gasteiger partial charge on any atom is -0.456 e. The summed E-state index contributed by atoms with van der Waals surface area (Å²) in [5, 5.41) is 8.74. The molecule has 1 aliphatic carbocycles. The summed E-state index contributed by atoms with van der Waals surface area (Å²) in [4.78, 5) is 0. The van der Waals surface area contributed by atoms with E-state index in [0.717, 1.165) is 98.9 Å². The van der Waals surface area contributed by atoms with Gasteiger partial charge in [-0.15, -0.1) is 0 Å². The van der Waals surface area contributed by atoms with Crippen molar-refractivity contribution in [1.82, 2.24) is 0 Å². The van der Waals surface area contributed by atoms with Crippen LogP contribution in [0.3, 0.4) is 0 Å². The van der Waals surface area contributed by atoms with Crippen LogP contribution in [0.1, 0.15) is 22.6 Å². The SMILES string of the molecule is c1ccc2c(c1)-c1cc3c(cc1C2c1ccc2oc4c(ccc5c6ccc(-c7cccc8c7oc7ccccc78)cc6oc54)c2c1)oc1ccccc13. The summed E-state index contributed by atoms with van der Waals surface area (Å²) in [5.74, 6) is 0.0673. The molecule has 0 bridgehead atoms. The summed E-state index contributed by atoms with van der Waals surface area (Å²) in [6, 6.07) is 53.6. The van der Waals surface area contributed by atoms with Gasteiger partial charge in [0.15, 0.2) is 11.2 Å². The van der Waals surface area contributed by atoms with E-state index >= 15 is 0 Å². The smallest absolute Gasteiger partial charge is 0.178 e. The van der Waals surface area contributed by atoms with Crippen molar-refractivity contribution in [2.45, 2.75) is 5.92 Å². The van der Waals surface area contributed by atoms with Crippen molar-refractivity contribution in [2.75, 3.05) is 0 Å². The Morgan fingerprint density at radius 3 is 1.77 bits per heavy atom. The van der Waals surface area contributed by atoms with Crippen LogP contribution in [0.5, 0.6) is 0 Å². The number of hydrogen-bond donors (Lipinski definition) is 0. The molecule has 246 valence electrons. The third-order valence-electron chi connectivity index (χ3n) is 11.6. The van der Waals surface area contributed by atoms with Gasteiger partial charge in [0, 0.05) is 54.6 Å². The van der Waals surface area contributed by atoms with Crippen LogP contribution in [0.2, 0.25) is 0 Å². The Labute approximate surface area is 301 Å². The molecule has 13 rings (SSSR count). The van der Waals surface area contributed by atoms with E-state index in [1.165, 1.54) is 27.8 Å². The maximum Gasteiger partial charge on any atom is 0.178 e. The molecule has 4 aromatic heterocycles. The van der Waals surface area contributed by atoms with Crippen molar-refractivity contribution in [3.8, 4) is 22.3 Å². The first-order chi connectivity index (χ1) is 26.2. The lowest BCUT2D eigenvalue weighted by atomic mass is 9.88. The number of fused-ring (bicyclic) bond motifs is 16. The molecule has 4 heterocycles. The minimum absolute atomic E-state index is 0.0673. The van der Waals surface area contributed by atoms with Crippen LogP contribution in [-0.4, -0.2) is 0 Å². The number of furan rings is 4. The first-order valence-corrected chi connectivity index (χ1v) is 18.0. The lowest BCUT2D eigenvalue weighted by molar-refractivity contribution is 0.633. The molecule has 12 aromatic rings. The molecule has 53 heavy (non-hydrogen) atoms. The Balaban J connectivity index is 0.970. The van der Waals surface area contributed by atoms with Gasteiger partial charge in [0.2, 0.25) is 0 Å². The summed E-state index contributed by atoms with van der Waals surface area (Å²) in [5.41, 5.74) is 15.2. The standard InChI is InChI=1S/C49H26O4/c1-2-11-33-29(8-1)37-24-39-31-10-4-5-14-41(31)50-45(39)25-40(37)46(33)27-17-21-43-38(22-27)36-20-19-35-32-18-16-26(23-44(32)53-48(35)49(36)52-43)28-12-7-13-34-30-9-3-6-15-42(30)51-47(28)34/h1-25,46H. The van der Waals surface area contributed by atoms with Crippen molar-refractivity contribution in [2.24, 2.45) is 0 Å². The van der Waals surface area contributed by atoms with Gasteiger partial charge in [0.25, 0.3) is 0 Å². The highest BCUT2D eigenvalue weighted by atomic mass is 16.4. The van der Waals surface area contributed by atoms with E-state index in [-0.39, 0.29) is 5.92 Å². The minimum atomic E-state index is 0.0673. The molecule has 0 saturated heterocycles. The van der Waals surface area contributed by atoms with Crippen molar-refractivity contribution in [3.05, 3.63) is 168 Å². The fourth-order valence-electron chi connectivity index (χ4n) is 9.19. The van der Waals surface area contributed by atoms with Gasteiger partial charge < -0.3 is 17.7 Å². The molecule has 0 fully saturated rings. The summed E-state index contributed by atoms with van der Waals surface area (Å²) >= 11 is 0. The molecular formula is C49H26O4. The quantitative estimate of drug-likeness (QED) is 0.183. The maximum atomic E-state index is 6.68. The normalized spacial score (nSPS) is 14.2. The predicted octanol–water partition coefficient (Wildman–Crippen LogP) is 14.1. The Morgan fingerprint density at radius 2 is 0.887 bits per heavy atom. The molecule has 4 heteroatoms. The summed E-state index contributed by atoms with van der Waals surface area (Å²) in [7, 11) is 0. The Hall–Kier alpha value is -7.04. The van der Waals surface area contributed by atoms with Gasteiger partial charge in [-0.2, -0.15) is 0 Å². The lowest BCUT2D eigenvalue weighted by Crippen LogP contribution is -1.98.